The van der Waals surface area contributed by atoms with Crippen LogP contribution in [-0.4, -0.2) is 32.5 Å². The topological polar surface area (TPSA) is 52.6 Å². The van der Waals surface area contributed by atoms with Crippen molar-refractivity contribution in [1.29, 1.82) is 0 Å². The predicted octanol–water partition coefficient (Wildman–Crippen LogP) is 3.59. The molecular formula is C20H24BFO4S. The minimum atomic E-state index is -3.29. The fraction of sp³-hybridized carbons (Fsp3) is 0.400. The molecule has 0 bridgehead atoms. The van der Waals surface area contributed by atoms with Gasteiger partial charge >= 0.3 is 7.12 Å². The van der Waals surface area contributed by atoms with E-state index in [1.54, 1.807) is 31.2 Å². The van der Waals surface area contributed by atoms with E-state index in [-0.39, 0.29) is 16.5 Å². The smallest absolute Gasteiger partial charge is 0.399 e. The Kier molecular flexibility index (Phi) is 4.99. The average molecular weight is 390 g/mol. The lowest BCUT2D eigenvalue weighted by Gasteiger charge is -2.32. The summed E-state index contributed by atoms with van der Waals surface area (Å²) in [5.41, 5.74) is 0.726. The van der Waals surface area contributed by atoms with Crippen LogP contribution in [0, 0.1) is 5.82 Å². The zero-order chi connectivity index (χ0) is 20.0. The lowest BCUT2D eigenvalue weighted by Crippen LogP contribution is -2.41. The van der Waals surface area contributed by atoms with E-state index >= 15 is 0 Å². The van der Waals surface area contributed by atoms with Crippen LogP contribution in [0.25, 0.3) is 11.1 Å². The van der Waals surface area contributed by atoms with Crippen LogP contribution in [0.5, 0.6) is 0 Å². The summed E-state index contributed by atoms with van der Waals surface area (Å²) in [6.45, 7) is 9.44. The minimum absolute atomic E-state index is 0.0259. The van der Waals surface area contributed by atoms with Crippen LogP contribution in [0.4, 0.5) is 4.39 Å². The van der Waals surface area contributed by atoms with Gasteiger partial charge in [-0.1, -0.05) is 31.2 Å². The minimum Gasteiger partial charge on any atom is -0.399 e. The monoisotopic (exact) mass is 390 g/mol. The second-order valence-corrected chi connectivity index (χ2v) is 10.0. The van der Waals surface area contributed by atoms with Crippen molar-refractivity contribution in [2.24, 2.45) is 0 Å². The van der Waals surface area contributed by atoms with E-state index in [0.29, 0.717) is 11.1 Å². The third-order valence-electron chi connectivity index (χ3n) is 5.42. The van der Waals surface area contributed by atoms with Gasteiger partial charge in [0.1, 0.15) is 5.82 Å². The van der Waals surface area contributed by atoms with Gasteiger partial charge in [-0.05, 0) is 56.9 Å². The first-order chi connectivity index (χ1) is 12.5. The number of benzene rings is 2. The van der Waals surface area contributed by atoms with Crippen LogP contribution in [0.15, 0.2) is 47.4 Å². The lowest BCUT2D eigenvalue weighted by atomic mass is 9.78. The van der Waals surface area contributed by atoms with Gasteiger partial charge in [0.05, 0.1) is 21.9 Å². The van der Waals surface area contributed by atoms with Gasteiger partial charge in [0.25, 0.3) is 0 Å². The number of hydrogen-bond donors (Lipinski definition) is 0. The molecule has 3 rings (SSSR count). The molecule has 0 atom stereocenters. The molecule has 1 aliphatic heterocycles. The van der Waals surface area contributed by atoms with Crippen molar-refractivity contribution in [3.05, 3.63) is 48.3 Å². The summed E-state index contributed by atoms with van der Waals surface area (Å²) < 4.78 is 50.4. The summed E-state index contributed by atoms with van der Waals surface area (Å²) in [6, 6.07) is 11.0. The first-order valence-electron chi connectivity index (χ1n) is 8.95. The first-order valence-corrected chi connectivity index (χ1v) is 10.6. The molecule has 0 N–H and O–H groups in total. The predicted molar refractivity (Wildman–Crippen MR) is 105 cm³/mol. The van der Waals surface area contributed by atoms with Crippen LogP contribution < -0.4 is 5.46 Å². The normalized spacial score (nSPS) is 18.7. The van der Waals surface area contributed by atoms with E-state index in [0.717, 1.165) is 5.46 Å². The maximum absolute atomic E-state index is 14.4. The van der Waals surface area contributed by atoms with Crippen LogP contribution in [0.2, 0.25) is 0 Å². The van der Waals surface area contributed by atoms with Crippen molar-refractivity contribution in [2.45, 2.75) is 50.7 Å². The Morgan fingerprint density at radius 3 is 2.04 bits per heavy atom. The Hall–Kier alpha value is -1.70. The SMILES string of the molecule is CCS(=O)(=O)c1ccc(-c2cc(B3OC(C)(C)C(C)(C)O3)ccc2F)cc1. The third kappa shape index (κ3) is 3.68. The van der Waals surface area contributed by atoms with E-state index < -0.39 is 28.2 Å². The molecule has 0 spiro atoms. The van der Waals surface area contributed by atoms with Crippen molar-refractivity contribution in [3.8, 4) is 11.1 Å². The fourth-order valence-electron chi connectivity index (χ4n) is 2.90. The quantitative estimate of drug-likeness (QED) is 0.749. The molecule has 2 aromatic carbocycles. The third-order valence-corrected chi connectivity index (χ3v) is 7.17. The molecule has 0 aromatic heterocycles. The van der Waals surface area contributed by atoms with Crippen molar-refractivity contribution in [3.63, 3.8) is 0 Å². The van der Waals surface area contributed by atoms with Gasteiger partial charge in [-0.3, -0.25) is 0 Å². The van der Waals surface area contributed by atoms with Crippen LogP contribution in [0.3, 0.4) is 0 Å². The molecule has 1 heterocycles. The molecule has 4 nitrogen and oxygen atoms in total. The Bertz CT molecular complexity index is 936. The second-order valence-electron chi connectivity index (χ2n) is 7.76. The maximum atomic E-state index is 14.4. The zero-order valence-corrected chi connectivity index (χ0v) is 17.1. The summed E-state index contributed by atoms with van der Waals surface area (Å²) in [4.78, 5) is 0.233. The molecule has 0 unspecified atom stereocenters. The van der Waals surface area contributed by atoms with Gasteiger partial charge in [-0.25, -0.2) is 12.8 Å². The zero-order valence-electron chi connectivity index (χ0n) is 16.2. The number of hydrogen-bond acceptors (Lipinski definition) is 4. The molecule has 1 fully saturated rings. The van der Waals surface area contributed by atoms with Gasteiger partial charge in [0.2, 0.25) is 0 Å². The Morgan fingerprint density at radius 2 is 1.52 bits per heavy atom. The Labute approximate surface area is 160 Å². The summed E-state index contributed by atoms with van der Waals surface area (Å²) >= 11 is 0. The molecule has 0 amide bonds. The average Bonchev–Trinajstić information content (AvgIpc) is 2.83. The lowest BCUT2D eigenvalue weighted by molar-refractivity contribution is 0.00578. The van der Waals surface area contributed by atoms with Crippen LogP contribution in [-0.2, 0) is 19.1 Å². The summed E-state index contributed by atoms with van der Waals surface area (Å²) in [7, 11) is -3.88. The van der Waals surface area contributed by atoms with E-state index in [9.17, 15) is 12.8 Å². The van der Waals surface area contributed by atoms with Gasteiger partial charge in [0, 0.05) is 5.56 Å². The fourth-order valence-corrected chi connectivity index (χ4v) is 3.78. The van der Waals surface area contributed by atoms with Crippen molar-refractivity contribution < 1.29 is 22.1 Å². The highest BCUT2D eigenvalue weighted by atomic mass is 32.2. The van der Waals surface area contributed by atoms with E-state index in [1.807, 2.05) is 27.7 Å². The highest BCUT2D eigenvalue weighted by Crippen LogP contribution is 2.36. The highest BCUT2D eigenvalue weighted by molar-refractivity contribution is 7.91. The van der Waals surface area contributed by atoms with E-state index in [1.165, 1.54) is 18.2 Å². The summed E-state index contributed by atoms with van der Waals surface area (Å²) in [5, 5.41) is 0. The van der Waals surface area contributed by atoms with Gasteiger partial charge in [-0.15, -0.1) is 0 Å². The van der Waals surface area contributed by atoms with Crippen LogP contribution in [0.1, 0.15) is 34.6 Å². The Morgan fingerprint density at radius 1 is 0.963 bits per heavy atom. The molecule has 2 aromatic rings. The molecule has 0 saturated carbocycles. The van der Waals surface area contributed by atoms with Crippen molar-refractivity contribution >= 4 is 22.4 Å². The maximum Gasteiger partial charge on any atom is 0.494 e. The number of sulfone groups is 1. The highest BCUT2D eigenvalue weighted by Gasteiger charge is 2.51. The summed E-state index contributed by atoms with van der Waals surface area (Å²) in [6.07, 6.45) is 0. The second kappa shape index (κ2) is 6.72. The number of halogens is 1. The van der Waals surface area contributed by atoms with E-state index in [4.69, 9.17) is 9.31 Å². The summed E-state index contributed by atoms with van der Waals surface area (Å²) in [5.74, 6) is -0.362. The number of rotatable bonds is 4. The standard InChI is InChI=1S/C20H24BFO4S/c1-6-27(23,24)16-10-7-14(8-11-16)17-13-15(9-12-18(17)22)21-25-19(2,3)20(4,5)26-21/h7-13H,6H2,1-5H3. The van der Waals surface area contributed by atoms with Gasteiger partial charge in [-0.2, -0.15) is 0 Å². The van der Waals surface area contributed by atoms with E-state index in [2.05, 4.69) is 0 Å². The molecule has 27 heavy (non-hydrogen) atoms. The molecule has 1 saturated heterocycles. The Balaban J connectivity index is 1.95. The molecule has 0 aliphatic carbocycles. The molecule has 7 heteroatoms. The molecule has 144 valence electrons. The van der Waals surface area contributed by atoms with Crippen LogP contribution >= 0.6 is 0 Å². The first kappa shape index (κ1) is 20.0. The van der Waals surface area contributed by atoms with Gasteiger partial charge < -0.3 is 9.31 Å². The van der Waals surface area contributed by atoms with Crippen molar-refractivity contribution in [2.75, 3.05) is 5.75 Å². The molecule has 1 aliphatic rings. The van der Waals surface area contributed by atoms with Gasteiger partial charge in [0.15, 0.2) is 9.84 Å². The molecular weight excluding hydrogens is 366 g/mol. The molecule has 0 radical (unpaired) electrons. The largest absolute Gasteiger partial charge is 0.494 e. The van der Waals surface area contributed by atoms with Crippen molar-refractivity contribution in [1.82, 2.24) is 0 Å².